The maximum Gasteiger partial charge on any atom is 0.411 e. The predicted octanol–water partition coefficient (Wildman–Crippen LogP) is 3.68. The monoisotopic (exact) mass is 360 g/mol. The molecule has 2 saturated heterocycles. The molecule has 2 aliphatic rings. The van der Waals surface area contributed by atoms with Gasteiger partial charge in [0.15, 0.2) is 0 Å². The number of carbonyl (C=O) groups is 1. The summed E-state index contributed by atoms with van der Waals surface area (Å²) in [4.78, 5) is 17.4. The van der Waals surface area contributed by atoms with Gasteiger partial charge in [-0.2, -0.15) is 0 Å². The van der Waals surface area contributed by atoms with Crippen LogP contribution in [0, 0.1) is 0 Å². The summed E-state index contributed by atoms with van der Waals surface area (Å²) in [5, 5.41) is 0. The molecule has 2 heterocycles. The lowest BCUT2D eigenvalue weighted by atomic mass is 9.94. The summed E-state index contributed by atoms with van der Waals surface area (Å²) >= 11 is 0. The molecule has 0 radical (unpaired) electrons. The molecule has 1 aromatic rings. The second kappa shape index (κ2) is 6.54. The highest BCUT2D eigenvalue weighted by molar-refractivity contribution is 5.71. The van der Waals surface area contributed by atoms with Gasteiger partial charge in [0.1, 0.15) is 5.60 Å². The zero-order valence-electron chi connectivity index (χ0n) is 16.9. The normalized spacial score (nSPS) is 31.9. The van der Waals surface area contributed by atoms with Crippen molar-refractivity contribution in [2.75, 3.05) is 20.2 Å². The molecule has 1 aromatic carbocycles. The summed E-state index contributed by atoms with van der Waals surface area (Å²) < 4.78 is 11.6. The van der Waals surface area contributed by atoms with Crippen LogP contribution in [0.25, 0.3) is 0 Å². The lowest BCUT2D eigenvalue weighted by molar-refractivity contribution is -0.0760. The predicted molar refractivity (Wildman–Crippen MR) is 102 cm³/mol. The van der Waals surface area contributed by atoms with E-state index in [1.54, 1.807) is 7.11 Å². The Morgan fingerprint density at radius 2 is 1.85 bits per heavy atom. The van der Waals surface area contributed by atoms with E-state index in [-0.39, 0.29) is 17.7 Å². The Hall–Kier alpha value is -1.59. The maximum absolute atomic E-state index is 13.0. The van der Waals surface area contributed by atoms with Crippen LogP contribution in [-0.2, 0) is 16.0 Å². The Morgan fingerprint density at radius 3 is 2.42 bits per heavy atom. The van der Waals surface area contributed by atoms with Crippen molar-refractivity contribution in [2.45, 2.75) is 70.4 Å². The fraction of sp³-hybridized carbons (Fsp3) is 0.667. The van der Waals surface area contributed by atoms with E-state index in [0.29, 0.717) is 0 Å². The number of hydrogen-bond donors (Lipinski definition) is 0. The molecule has 3 rings (SSSR count). The zero-order valence-corrected chi connectivity index (χ0v) is 16.9. The molecule has 26 heavy (non-hydrogen) atoms. The van der Waals surface area contributed by atoms with Gasteiger partial charge >= 0.3 is 6.09 Å². The smallest absolute Gasteiger partial charge is 0.411 e. The van der Waals surface area contributed by atoms with Gasteiger partial charge < -0.3 is 9.47 Å². The minimum absolute atomic E-state index is 0.000733. The number of rotatable bonds is 3. The molecule has 3 atom stereocenters. The van der Waals surface area contributed by atoms with Crippen molar-refractivity contribution in [2.24, 2.45) is 0 Å². The standard InChI is InChI=1S/C21H32N2O3/c1-19(2,3)26-18(24)23-20(4)12-17(25-6)21(23,5)15-22(14-20)13-16-10-8-7-9-11-16/h7-11,17H,12-15H2,1-6H3. The van der Waals surface area contributed by atoms with Crippen LogP contribution < -0.4 is 0 Å². The van der Waals surface area contributed by atoms with Gasteiger partial charge in [0.05, 0.1) is 17.2 Å². The molecule has 0 spiro atoms. The lowest BCUT2D eigenvalue weighted by Gasteiger charge is -2.52. The number of methoxy groups -OCH3 is 1. The van der Waals surface area contributed by atoms with Gasteiger partial charge in [-0.15, -0.1) is 0 Å². The fourth-order valence-corrected chi connectivity index (χ4v) is 4.80. The van der Waals surface area contributed by atoms with E-state index >= 15 is 0 Å². The molecule has 0 aromatic heterocycles. The molecule has 2 bridgehead atoms. The number of likely N-dealkylation sites (tertiary alicyclic amines) is 1. The summed E-state index contributed by atoms with van der Waals surface area (Å²) in [6.45, 7) is 12.5. The first-order chi connectivity index (χ1) is 12.1. The maximum atomic E-state index is 13.0. The third-order valence-electron chi connectivity index (χ3n) is 5.59. The van der Waals surface area contributed by atoms with Crippen molar-refractivity contribution < 1.29 is 14.3 Å². The van der Waals surface area contributed by atoms with Gasteiger partial charge in [-0.1, -0.05) is 30.3 Å². The third-order valence-corrected chi connectivity index (χ3v) is 5.59. The van der Waals surface area contributed by atoms with Gasteiger partial charge in [-0.05, 0) is 40.2 Å². The van der Waals surface area contributed by atoms with Crippen LogP contribution >= 0.6 is 0 Å². The van der Waals surface area contributed by atoms with Crippen LogP contribution in [0.5, 0.6) is 0 Å². The summed E-state index contributed by atoms with van der Waals surface area (Å²) in [7, 11) is 1.74. The Balaban J connectivity index is 1.87. The topological polar surface area (TPSA) is 42.0 Å². The second-order valence-electron chi connectivity index (χ2n) is 9.23. The number of fused-ring (bicyclic) bond motifs is 2. The first kappa shape index (κ1) is 19.2. The minimum Gasteiger partial charge on any atom is -0.444 e. The summed E-state index contributed by atoms with van der Waals surface area (Å²) in [6.07, 6.45) is 0.590. The Morgan fingerprint density at radius 1 is 1.19 bits per heavy atom. The van der Waals surface area contributed by atoms with Gasteiger partial charge in [0.25, 0.3) is 0 Å². The Labute approximate surface area is 157 Å². The average molecular weight is 360 g/mol. The Kier molecular flexibility index (Phi) is 4.82. The minimum atomic E-state index is -0.507. The summed E-state index contributed by atoms with van der Waals surface area (Å²) in [5.74, 6) is 0. The molecule has 5 heteroatoms. The van der Waals surface area contributed by atoms with E-state index < -0.39 is 11.1 Å². The Bertz CT molecular complexity index is 657. The first-order valence-electron chi connectivity index (χ1n) is 9.40. The molecule has 144 valence electrons. The molecule has 2 fully saturated rings. The third kappa shape index (κ3) is 3.47. The summed E-state index contributed by atoms with van der Waals surface area (Å²) in [6, 6.07) is 10.5. The number of nitrogens with zero attached hydrogens (tertiary/aromatic N) is 2. The van der Waals surface area contributed by atoms with Crippen LogP contribution in [0.2, 0.25) is 0 Å². The first-order valence-corrected chi connectivity index (χ1v) is 9.40. The lowest BCUT2D eigenvalue weighted by Crippen LogP contribution is -2.68. The number of ether oxygens (including phenoxy) is 2. The number of hydrogen-bond acceptors (Lipinski definition) is 4. The van der Waals surface area contributed by atoms with Crippen LogP contribution in [0.3, 0.4) is 0 Å². The van der Waals surface area contributed by atoms with E-state index in [0.717, 1.165) is 26.1 Å². The van der Waals surface area contributed by atoms with Gasteiger partial charge in [-0.3, -0.25) is 9.80 Å². The molecule has 5 nitrogen and oxygen atoms in total. The molecule has 0 N–H and O–H groups in total. The highest BCUT2D eigenvalue weighted by Gasteiger charge is 2.63. The van der Waals surface area contributed by atoms with Crippen LogP contribution in [-0.4, -0.2) is 58.9 Å². The van der Waals surface area contributed by atoms with Gasteiger partial charge in [0.2, 0.25) is 0 Å². The largest absolute Gasteiger partial charge is 0.444 e. The van der Waals surface area contributed by atoms with Gasteiger partial charge in [-0.25, -0.2) is 4.79 Å². The molecule has 1 amide bonds. The summed E-state index contributed by atoms with van der Waals surface area (Å²) in [5.41, 5.74) is 0.0789. The second-order valence-corrected chi connectivity index (χ2v) is 9.23. The number of amides is 1. The fourth-order valence-electron chi connectivity index (χ4n) is 4.80. The van der Waals surface area contributed by atoms with E-state index in [2.05, 4.69) is 43.0 Å². The van der Waals surface area contributed by atoms with E-state index in [1.165, 1.54) is 5.56 Å². The highest BCUT2D eigenvalue weighted by Crippen LogP contribution is 2.48. The van der Waals surface area contributed by atoms with Crippen LogP contribution in [0.15, 0.2) is 30.3 Å². The SMILES string of the molecule is COC1CC2(C)CN(Cc3ccccc3)CC1(C)N2C(=O)OC(C)(C)C. The van der Waals surface area contributed by atoms with Crippen molar-refractivity contribution in [3.05, 3.63) is 35.9 Å². The number of carbonyl (C=O) groups excluding carboxylic acids is 1. The van der Waals surface area contributed by atoms with E-state index in [1.807, 2.05) is 31.7 Å². The average Bonchev–Trinajstić information content (AvgIpc) is 2.65. The highest BCUT2D eigenvalue weighted by atomic mass is 16.6. The zero-order chi connectivity index (χ0) is 19.2. The molecular weight excluding hydrogens is 328 g/mol. The molecular formula is C21H32N2O3. The van der Waals surface area contributed by atoms with E-state index in [9.17, 15) is 4.79 Å². The van der Waals surface area contributed by atoms with E-state index in [4.69, 9.17) is 9.47 Å². The van der Waals surface area contributed by atoms with Crippen molar-refractivity contribution in [1.82, 2.24) is 9.80 Å². The molecule has 3 unspecified atom stereocenters. The molecule has 2 aliphatic heterocycles. The number of piperazine rings is 1. The quantitative estimate of drug-likeness (QED) is 0.825. The van der Waals surface area contributed by atoms with Gasteiger partial charge in [0, 0.05) is 33.2 Å². The van der Waals surface area contributed by atoms with Crippen LogP contribution in [0.4, 0.5) is 4.79 Å². The van der Waals surface area contributed by atoms with Crippen LogP contribution in [0.1, 0.15) is 46.6 Å². The molecule has 0 saturated carbocycles. The molecule has 0 aliphatic carbocycles. The van der Waals surface area contributed by atoms with Crippen molar-refractivity contribution >= 4 is 6.09 Å². The van der Waals surface area contributed by atoms with Crippen molar-refractivity contribution in [1.29, 1.82) is 0 Å². The van der Waals surface area contributed by atoms with Crippen molar-refractivity contribution in [3.63, 3.8) is 0 Å². The van der Waals surface area contributed by atoms with Crippen molar-refractivity contribution in [3.8, 4) is 0 Å². The number of benzene rings is 1.